The molecule has 3 nitrogen and oxygen atoms in total. The van der Waals surface area contributed by atoms with Gasteiger partial charge in [0.15, 0.2) is 0 Å². The van der Waals surface area contributed by atoms with E-state index >= 15 is 0 Å². The van der Waals surface area contributed by atoms with Crippen molar-refractivity contribution in [1.82, 2.24) is 5.32 Å². The number of anilines is 1. The number of benzene rings is 1. The summed E-state index contributed by atoms with van der Waals surface area (Å²) in [5.74, 6) is -0.116. The lowest BCUT2D eigenvalue weighted by atomic mass is 10.2. The maximum absolute atomic E-state index is 12.0. The monoisotopic (exact) mass is 402 g/mol. The van der Waals surface area contributed by atoms with E-state index in [1.807, 2.05) is 6.07 Å². The van der Waals surface area contributed by atoms with E-state index in [1.165, 1.54) is 4.88 Å². The van der Waals surface area contributed by atoms with E-state index in [0.717, 1.165) is 14.7 Å². The predicted octanol–water partition coefficient (Wildman–Crippen LogP) is 3.83. The van der Waals surface area contributed by atoms with Gasteiger partial charge in [0.2, 0.25) is 0 Å². The Morgan fingerprint density at radius 3 is 2.74 bits per heavy atom. The summed E-state index contributed by atoms with van der Waals surface area (Å²) in [5, 5.41) is 2.89. The number of nitrogen functional groups attached to an aromatic ring is 1. The Labute approximate surface area is 132 Å². The van der Waals surface area contributed by atoms with Gasteiger partial charge >= 0.3 is 0 Å². The van der Waals surface area contributed by atoms with E-state index in [0.29, 0.717) is 17.8 Å². The molecule has 2 rings (SSSR count). The van der Waals surface area contributed by atoms with Crippen molar-refractivity contribution in [2.24, 2.45) is 0 Å². The number of halogens is 2. The Morgan fingerprint density at radius 1 is 1.26 bits per heavy atom. The fraction of sp³-hybridized carbons (Fsp3) is 0.154. The highest BCUT2D eigenvalue weighted by Gasteiger charge is 2.10. The highest BCUT2D eigenvalue weighted by molar-refractivity contribution is 9.11. The quantitative estimate of drug-likeness (QED) is 0.762. The predicted molar refractivity (Wildman–Crippen MR) is 86.6 cm³/mol. The fourth-order valence-corrected chi connectivity index (χ4v) is 3.51. The van der Waals surface area contributed by atoms with Crippen molar-refractivity contribution in [2.75, 3.05) is 12.3 Å². The molecule has 0 fully saturated rings. The highest BCUT2D eigenvalue weighted by Crippen LogP contribution is 2.22. The van der Waals surface area contributed by atoms with Crippen LogP contribution in [-0.2, 0) is 6.42 Å². The lowest BCUT2D eigenvalue weighted by molar-refractivity contribution is 0.0953. The minimum atomic E-state index is -0.116. The van der Waals surface area contributed by atoms with Crippen LogP contribution < -0.4 is 11.1 Å². The molecule has 1 amide bonds. The minimum Gasteiger partial charge on any atom is -0.399 e. The van der Waals surface area contributed by atoms with Gasteiger partial charge in [-0.1, -0.05) is 0 Å². The van der Waals surface area contributed by atoms with Crippen LogP contribution in [0.15, 0.2) is 38.6 Å². The summed E-state index contributed by atoms with van der Waals surface area (Å²) in [6.45, 7) is 0.604. The molecular weight excluding hydrogens is 392 g/mol. The van der Waals surface area contributed by atoms with E-state index in [9.17, 15) is 4.79 Å². The normalized spacial score (nSPS) is 10.4. The Bertz CT molecular complexity index is 598. The number of nitrogens with two attached hydrogens (primary N) is 1. The molecule has 1 heterocycles. The van der Waals surface area contributed by atoms with Crippen LogP contribution in [0.4, 0.5) is 5.69 Å². The number of amides is 1. The van der Waals surface area contributed by atoms with Crippen molar-refractivity contribution in [2.45, 2.75) is 6.42 Å². The van der Waals surface area contributed by atoms with E-state index < -0.39 is 0 Å². The Morgan fingerprint density at radius 2 is 2.05 bits per heavy atom. The Kier molecular flexibility index (Phi) is 5.01. The molecule has 0 aliphatic heterocycles. The van der Waals surface area contributed by atoms with Gasteiger partial charge in [-0.25, -0.2) is 0 Å². The standard InChI is InChI=1S/C13H12Br2N2OS/c14-11-3-1-8(16)7-10(11)13(18)17-6-5-9-2-4-12(15)19-9/h1-4,7H,5-6,16H2,(H,17,18). The third kappa shape index (κ3) is 4.06. The van der Waals surface area contributed by atoms with Gasteiger partial charge in [-0.2, -0.15) is 0 Å². The molecule has 0 radical (unpaired) electrons. The first-order chi connectivity index (χ1) is 9.06. The third-order valence-electron chi connectivity index (χ3n) is 2.52. The van der Waals surface area contributed by atoms with Crippen LogP contribution in [0.2, 0.25) is 0 Å². The van der Waals surface area contributed by atoms with Crippen LogP contribution in [0.5, 0.6) is 0 Å². The first-order valence-corrected chi connectivity index (χ1v) is 8.04. The topological polar surface area (TPSA) is 55.1 Å². The first kappa shape index (κ1) is 14.6. The number of hydrogen-bond donors (Lipinski definition) is 2. The summed E-state index contributed by atoms with van der Waals surface area (Å²) >= 11 is 8.45. The summed E-state index contributed by atoms with van der Waals surface area (Å²) in [5.41, 5.74) is 6.82. The van der Waals surface area contributed by atoms with Crippen molar-refractivity contribution < 1.29 is 4.79 Å². The van der Waals surface area contributed by atoms with Gasteiger partial charge in [0.05, 0.1) is 9.35 Å². The molecule has 0 unspecified atom stereocenters. The molecule has 0 saturated carbocycles. The smallest absolute Gasteiger partial charge is 0.252 e. The zero-order chi connectivity index (χ0) is 13.8. The second-order valence-corrected chi connectivity index (χ2v) is 7.35. The third-order valence-corrected chi connectivity index (χ3v) is 4.90. The lowest BCUT2D eigenvalue weighted by Gasteiger charge is -2.07. The van der Waals surface area contributed by atoms with E-state index in [4.69, 9.17) is 5.73 Å². The number of hydrogen-bond acceptors (Lipinski definition) is 3. The van der Waals surface area contributed by atoms with Gasteiger partial charge in [0.1, 0.15) is 0 Å². The van der Waals surface area contributed by atoms with Crippen LogP contribution >= 0.6 is 43.2 Å². The van der Waals surface area contributed by atoms with Crippen molar-refractivity contribution >= 4 is 54.8 Å². The minimum absolute atomic E-state index is 0.116. The van der Waals surface area contributed by atoms with Crippen LogP contribution in [0.25, 0.3) is 0 Å². The fourth-order valence-electron chi connectivity index (χ4n) is 1.60. The molecule has 1 aromatic carbocycles. The number of carbonyl (C=O) groups is 1. The van der Waals surface area contributed by atoms with Crippen molar-refractivity contribution in [3.8, 4) is 0 Å². The van der Waals surface area contributed by atoms with Crippen molar-refractivity contribution in [1.29, 1.82) is 0 Å². The van der Waals surface area contributed by atoms with E-state index in [2.05, 4.69) is 43.2 Å². The van der Waals surface area contributed by atoms with Crippen LogP contribution in [-0.4, -0.2) is 12.5 Å². The SMILES string of the molecule is Nc1ccc(Br)c(C(=O)NCCc2ccc(Br)s2)c1. The van der Waals surface area contributed by atoms with Gasteiger partial charge in [0.25, 0.3) is 5.91 Å². The first-order valence-electron chi connectivity index (χ1n) is 5.63. The zero-order valence-corrected chi connectivity index (χ0v) is 13.9. The maximum Gasteiger partial charge on any atom is 0.252 e. The Balaban J connectivity index is 1.92. The zero-order valence-electron chi connectivity index (χ0n) is 9.95. The van der Waals surface area contributed by atoms with Gasteiger partial charge < -0.3 is 11.1 Å². The van der Waals surface area contributed by atoms with E-state index in [1.54, 1.807) is 29.5 Å². The number of rotatable bonds is 4. The van der Waals surface area contributed by atoms with Gasteiger partial charge in [-0.15, -0.1) is 11.3 Å². The highest BCUT2D eigenvalue weighted by atomic mass is 79.9. The molecule has 6 heteroatoms. The average molecular weight is 404 g/mol. The summed E-state index contributed by atoms with van der Waals surface area (Å²) in [7, 11) is 0. The number of carbonyl (C=O) groups excluding carboxylic acids is 1. The molecule has 0 atom stereocenters. The van der Waals surface area contributed by atoms with Gasteiger partial charge in [-0.3, -0.25) is 4.79 Å². The van der Waals surface area contributed by atoms with Crippen LogP contribution in [0.3, 0.4) is 0 Å². The molecule has 0 aliphatic rings. The molecule has 19 heavy (non-hydrogen) atoms. The molecule has 0 saturated heterocycles. The van der Waals surface area contributed by atoms with Crippen molar-refractivity contribution in [3.63, 3.8) is 0 Å². The largest absolute Gasteiger partial charge is 0.399 e. The summed E-state index contributed by atoms with van der Waals surface area (Å²) in [4.78, 5) is 13.2. The molecule has 0 aliphatic carbocycles. The molecule has 100 valence electrons. The molecule has 2 aromatic rings. The van der Waals surface area contributed by atoms with E-state index in [-0.39, 0.29) is 5.91 Å². The molecule has 3 N–H and O–H groups in total. The summed E-state index contributed by atoms with van der Waals surface area (Å²) < 4.78 is 1.85. The number of thiophene rings is 1. The molecule has 1 aromatic heterocycles. The van der Waals surface area contributed by atoms with Crippen molar-refractivity contribution in [3.05, 3.63) is 49.0 Å². The molecule has 0 bridgehead atoms. The summed E-state index contributed by atoms with van der Waals surface area (Å²) in [6.07, 6.45) is 0.821. The second-order valence-electron chi connectivity index (χ2n) is 3.95. The van der Waals surface area contributed by atoms with Gasteiger partial charge in [0, 0.05) is 21.6 Å². The number of nitrogens with one attached hydrogen (secondary N) is 1. The molecule has 0 spiro atoms. The molecular formula is C13H12Br2N2OS. The average Bonchev–Trinajstić information content (AvgIpc) is 2.78. The maximum atomic E-state index is 12.0. The van der Waals surface area contributed by atoms with Crippen LogP contribution in [0.1, 0.15) is 15.2 Å². The summed E-state index contributed by atoms with van der Waals surface area (Å²) in [6, 6.07) is 9.26. The van der Waals surface area contributed by atoms with Gasteiger partial charge in [-0.05, 0) is 68.6 Å². The lowest BCUT2D eigenvalue weighted by Crippen LogP contribution is -2.25. The second kappa shape index (κ2) is 6.54. The Hall–Kier alpha value is -0.850. The van der Waals surface area contributed by atoms with Crippen LogP contribution in [0, 0.1) is 0 Å².